The van der Waals surface area contributed by atoms with Crippen molar-refractivity contribution < 1.29 is 18.9 Å². The molecular formula is C14H14O4. The standard InChI is InChI=1S/C14H14O4/c1-15-10-7-6-9-12(14(10)17-3)8-4-5-11(18-9)13(8)16-2/h4-7,11H,1-3H3. The number of benzene rings is 1. The van der Waals surface area contributed by atoms with Crippen LogP contribution < -0.4 is 14.2 Å². The second-order valence-corrected chi connectivity index (χ2v) is 4.05. The van der Waals surface area contributed by atoms with Crippen molar-refractivity contribution in [1.82, 2.24) is 0 Å². The van der Waals surface area contributed by atoms with Gasteiger partial charge in [0.05, 0.1) is 26.9 Å². The van der Waals surface area contributed by atoms with E-state index in [4.69, 9.17) is 18.9 Å². The Bertz CT molecular complexity index is 557. The second-order valence-electron chi connectivity index (χ2n) is 4.05. The minimum atomic E-state index is -0.129. The highest BCUT2D eigenvalue weighted by Gasteiger charge is 2.34. The van der Waals surface area contributed by atoms with Crippen LogP contribution in [0.1, 0.15) is 5.56 Å². The molecular weight excluding hydrogens is 232 g/mol. The molecule has 1 aliphatic carbocycles. The molecule has 0 saturated carbocycles. The van der Waals surface area contributed by atoms with Crippen LogP contribution in [0.2, 0.25) is 0 Å². The third kappa shape index (κ3) is 1.32. The maximum atomic E-state index is 5.86. The van der Waals surface area contributed by atoms with E-state index < -0.39 is 0 Å². The first-order chi connectivity index (χ1) is 8.80. The molecule has 1 heterocycles. The van der Waals surface area contributed by atoms with E-state index in [0.717, 1.165) is 22.6 Å². The summed E-state index contributed by atoms with van der Waals surface area (Å²) in [5, 5.41) is 0. The summed E-state index contributed by atoms with van der Waals surface area (Å²) in [6.07, 6.45) is 3.84. The van der Waals surface area contributed by atoms with E-state index in [9.17, 15) is 0 Å². The van der Waals surface area contributed by atoms with Gasteiger partial charge in [0.25, 0.3) is 0 Å². The van der Waals surface area contributed by atoms with Crippen molar-refractivity contribution >= 4 is 5.57 Å². The first kappa shape index (κ1) is 11.0. The molecule has 2 bridgehead atoms. The van der Waals surface area contributed by atoms with Gasteiger partial charge in [0.2, 0.25) is 0 Å². The van der Waals surface area contributed by atoms with E-state index in [1.807, 2.05) is 24.3 Å². The van der Waals surface area contributed by atoms with Crippen molar-refractivity contribution in [3.05, 3.63) is 35.6 Å². The Labute approximate surface area is 105 Å². The number of rotatable bonds is 3. The van der Waals surface area contributed by atoms with Gasteiger partial charge in [-0.3, -0.25) is 0 Å². The lowest BCUT2D eigenvalue weighted by atomic mass is 10.0. The third-order valence-electron chi connectivity index (χ3n) is 3.21. The molecule has 0 amide bonds. The Hall–Kier alpha value is -2.10. The van der Waals surface area contributed by atoms with Crippen LogP contribution in [0.5, 0.6) is 17.2 Å². The number of fused-ring (bicyclic) bond motifs is 3. The number of allylic oxidation sites excluding steroid dienone is 2. The van der Waals surface area contributed by atoms with Crippen molar-refractivity contribution in [2.45, 2.75) is 6.10 Å². The Kier molecular flexibility index (Phi) is 2.44. The summed E-state index contributed by atoms with van der Waals surface area (Å²) < 4.78 is 22.0. The van der Waals surface area contributed by atoms with Crippen molar-refractivity contribution in [1.29, 1.82) is 0 Å². The van der Waals surface area contributed by atoms with Gasteiger partial charge in [-0.2, -0.15) is 0 Å². The Morgan fingerprint density at radius 2 is 1.89 bits per heavy atom. The zero-order valence-corrected chi connectivity index (χ0v) is 10.5. The molecule has 0 spiro atoms. The molecule has 0 aromatic heterocycles. The lowest BCUT2D eigenvalue weighted by Gasteiger charge is -2.25. The van der Waals surface area contributed by atoms with E-state index in [-0.39, 0.29) is 6.10 Å². The fourth-order valence-corrected chi connectivity index (χ4v) is 2.43. The van der Waals surface area contributed by atoms with Crippen molar-refractivity contribution in [3.63, 3.8) is 0 Å². The molecule has 0 saturated heterocycles. The topological polar surface area (TPSA) is 36.9 Å². The van der Waals surface area contributed by atoms with Crippen LogP contribution in [0.15, 0.2) is 30.0 Å². The van der Waals surface area contributed by atoms with Crippen LogP contribution >= 0.6 is 0 Å². The molecule has 3 rings (SSSR count). The van der Waals surface area contributed by atoms with E-state index in [0.29, 0.717) is 11.5 Å². The van der Waals surface area contributed by atoms with Gasteiger partial charge < -0.3 is 18.9 Å². The average Bonchev–Trinajstić information content (AvgIpc) is 2.71. The molecule has 1 atom stereocenters. The molecule has 0 radical (unpaired) electrons. The average molecular weight is 246 g/mol. The third-order valence-corrected chi connectivity index (χ3v) is 3.21. The Morgan fingerprint density at radius 3 is 2.56 bits per heavy atom. The second kappa shape index (κ2) is 3.98. The van der Waals surface area contributed by atoms with Gasteiger partial charge in [0, 0.05) is 5.57 Å². The number of methoxy groups -OCH3 is 3. The monoisotopic (exact) mass is 246 g/mol. The van der Waals surface area contributed by atoms with Crippen LogP contribution in [0, 0.1) is 0 Å². The molecule has 0 fully saturated rings. The van der Waals surface area contributed by atoms with Gasteiger partial charge in [-0.25, -0.2) is 0 Å². The zero-order valence-electron chi connectivity index (χ0n) is 10.5. The fourth-order valence-electron chi connectivity index (χ4n) is 2.43. The number of ether oxygens (including phenoxy) is 4. The van der Waals surface area contributed by atoms with Crippen LogP contribution in [-0.2, 0) is 4.74 Å². The molecule has 0 N–H and O–H groups in total. The molecule has 4 heteroatoms. The van der Waals surface area contributed by atoms with E-state index in [1.54, 1.807) is 21.3 Å². The maximum Gasteiger partial charge on any atom is 0.175 e. The van der Waals surface area contributed by atoms with Gasteiger partial charge in [-0.1, -0.05) is 6.08 Å². The summed E-state index contributed by atoms with van der Waals surface area (Å²) in [5.74, 6) is 2.96. The fraction of sp³-hybridized carbons (Fsp3) is 0.286. The molecule has 1 aromatic carbocycles. The summed E-state index contributed by atoms with van der Waals surface area (Å²) in [7, 11) is 4.89. The van der Waals surface area contributed by atoms with Gasteiger partial charge in [-0.05, 0) is 18.2 Å². The van der Waals surface area contributed by atoms with E-state index in [2.05, 4.69) is 0 Å². The first-order valence-electron chi connectivity index (χ1n) is 5.68. The molecule has 1 aromatic rings. The lowest BCUT2D eigenvalue weighted by Crippen LogP contribution is -2.20. The Balaban J connectivity index is 2.26. The summed E-state index contributed by atoms with van der Waals surface area (Å²) in [4.78, 5) is 0. The zero-order chi connectivity index (χ0) is 12.7. The van der Waals surface area contributed by atoms with E-state index in [1.165, 1.54) is 0 Å². The van der Waals surface area contributed by atoms with Crippen LogP contribution in [-0.4, -0.2) is 27.4 Å². The van der Waals surface area contributed by atoms with Crippen LogP contribution in [0.25, 0.3) is 5.57 Å². The first-order valence-corrected chi connectivity index (χ1v) is 5.68. The molecule has 1 unspecified atom stereocenters. The van der Waals surface area contributed by atoms with Crippen LogP contribution in [0.3, 0.4) is 0 Å². The van der Waals surface area contributed by atoms with E-state index >= 15 is 0 Å². The summed E-state index contributed by atoms with van der Waals surface area (Å²) in [6, 6.07) is 3.73. The Morgan fingerprint density at radius 1 is 1.06 bits per heavy atom. The highest BCUT2D eigenvalue weighted by Crippen LogP contribution is 2.49. The van der Waals surface area contributed by atoms with Gasteiger partial charge in [0.1, 0.15) is 11.5 Å². The van der Waals surface area contributed by atoms with Gasteiger partial charge in [0.15, 0.2) is 17.6 Å². The summed E-state index contributed by atoms with van der Waals surface area (Å²) >= 11 is 0. The highest BCUT2D eigenvalue weighted by molar-refractivity contribution is 5.88. The quantitative estimate of drug-likeness (QED) is 0.820. The molecule has 2 aliphatic rings. The molecule has 1 aliphatic heterocycles. The highest BCUT2D eigenvalue weighted by atomic mass is 16.5. The van der Waals surface area contributed by atoms with Crippen molar-refractivity contribution in [3.8, 4) is 17.2 Å². The minimum Gasteiger partial charge on any atom is -0.496 e. The predicted molar refractivity (Wildman–Crippen MR) is 67.0 cm³/mol. The lowest BCUT2D eigenvalue weighted by molar-refractivity contribution is 0.176. The molecule has 94 valence electrons. The van der Waals surface area contributed by atoms with Gasteiger partial charge >= 0.3 is 0 Å². The maximum absolute atomic E-state index is 5.86. The van der Waals surface area contributed by atoms with Crippen molar-refractivity contribution in [2.24, 2.45) is 0 Å². The minimum absolute atomic E-state index is 0.129. The van der Waals surface area contributed by atoms with Gasteiger partial charge in [-0.15, -0.1) is 0 Å². The molecule has 18 heavy (non-hydrogen) atoms. The van der Waals surface area contributed by atoms with Crippen molar-refractivity contribution in [2.75, 3.05) is 21.3 Å². The summed E-state index contributed by atoms with van der Waals surface area (Å²) in [5.41, 5.74) is 1.89. The smallest absolute Gasteiger partial charge is 0.175 e. The predicted octanol–water partition coefficient (Wildman–Crippen LogP) is 2.39. The number of hydrogen-bond acceptors (Lipinski definition) is 4. The SMILES string of the molecule is COC1=C2C=CC1Oc1ccc(OC)c(OC)c12. The normalized spacial score (nSPS) is 19.4. The summed E-state index contributed by atoms with van der Waals surface area (Å²) in [6.45, 7) is 0. The molecule has 4 nitrogen and oxygen atoms in total. The number of hydrogen-bond donors (Lipinski definition) is 0. The largest absolute Gasteiger partial charge is 0.496 e. The van der Waals surface area contributed by atoms with Crippen LogP contribution in [0.4, 0.5) is 0 Å².